The van der Waals surface area contributed by atoms with E-state index in [1.165, 1.54) is 0 Å². The van der Waals surface area contributed by atoms with Gasteiger partial charge in [-0.2, -0.15) is 0 Å². The van der Waals surface area contributed by atoms with Gasteiger partial charge in [0.15, 0.2) is 0 Å². The van der Waals surface area contributed by atoms with E-state index in [0.717, 1.165) is 25.7 Å². The molecule has 2 saturated heterocycles. The van der Waals surface area contributed by atoms with Crippen LogP contribution in [0.5, 0.6) is 0 Å². The highest BCUT2D eigenvalue weighted by molar-refractivity contribution is 5.86. The summed E-state index contributed by atoms with van der Waals surface area (Å²) in [5.41, 5.74) is -0.426. The SMILES string of the molecule is CNC(=O)C1(C)CCN(C(=O)C2CCCC(C)N2)C1. The van der Waals surface area contributed by atoms with E-state index in [1.807, 2.05) is 11.8 Å². The molecule has 5 heteroatoms. The molecule has 2 aliphatic heterocycles. The number of carbonyl (C=O) groups is 2. The smallest absolute Gasteiger partial charge is 0.239 e. The average Bonchev–Trinajstić information content (AvgIpc) is 2.81. The Morgan fingerprint density at radius 1 is 1.37 bits per heavy atom. The Balaban J connectivity index is 1.96. The van der Waals surface area contributed by atoms with Crippen molar-refractivity contribution in [3.8, 4) is 0 Å². The largest absolute Gasteiger partial charge is 0.359 e. The van der Waals surface area contributed by atoms with Crippen LogP contribution in [0.4, 0.5) is 0 Å². The van der Waals surface area contributed by atoms with Gasteiger partial charge < -0.3 is 15.5 Å². The Bertz CT molecular complexity index is 372. The zero-order valence-electron chi connectivity index (χ0n) is 12.2. The van der Waals surface area contributed by atoms with E-state index in [4.69, 9.17) is 0 Å². The van der Waals surface area contributed by atoms with Crippen LogP contribution in [-0.2, 0) is 9.59 Å². The van der Waals surface area contributed by atoms with Crippen molar-refractivity contribution in [2.24, 2.45) is 5.41 Å². The molecule has 2 fully saturated rings. The number of likely N-dealkylation sites (tertiary alicyclic amines) is 1. The second-order valence-corrected chi connectivity index (χ2v) is 6.20. The summed E-state index contributed by atoms with van der Waals surface area (Å²) in [6.07, 6.45) is 3.90. The molecule has 2 heterocycles. The Labute approximate surface area is 115 Å². The first kappa shape index (κ1) is 14.3. The Hall–Kier alpha value is -1.10. The fourth-order valence-corrected chi connectivity index (χ4v) is 3.19. The zero-order chi connectivity index (χ0) is 14.0. The van der Waals surface area contributed by atoms with Gasteiger partial charge in [0.2, 0.25) is 11.8 Å². The number of nitrogens with one attached hydrogen (secondary N) is 2. The standard InChI is InChI=1S/C14H25N3O2/c1-10-5-4-6-11(16-10)12(18)17-8-7-14(2,9-17)13(19)15-3/h10-11,16H,4-9H2,1-3H3,(H,15,19). The predicted molar refractivity (Wildman–Crippen MR) is 73.6 cm³/mol. The minimum absolute atomic E-state index is 0.0350. The number of nitrogens with zero attached hydrogens (tertiary/aromatic N) is 1. The zero-order valence-corrected chi connectivity index (χ0v) is 12.2. The van der Waals surface area contributed by atoms with Gasteiger partial charge in [-0.3, -0.25) is 9.59 Å². The lowest BCUT2D eigenvalue weighted by Gasteiger charge is -2.31. The van der Waals surface area contributed by atoms with Crippen LogP contribution in [0.1, 0.15) is 39.5 Å². The molecule has 2 amide bonds. The van der Waals surface area contributed by atoms with Gasteiger partial charge in [-0.25, -0.2) is 0 Å². The van der Waals surface area contributed by atoms with Crippen LogP contribution in [0.3, 0.4) is 0 Å². The van der Waals surface area contributed by atoms with Crippen molar-refractivity contribution in [3.05, 3.63) is 0 Å². The normalized spacial score (nSPS) is 35.2. The lowest BCUT2D eigenvalue weighted by molar-refractivity contribution is -0.134. The first-order valence-corrected chi connectivity index (χ1v) is 7.23. The highest BCUT2D eigenvalue weighted by Gasteiger charge is 2.43. The second-order valence-electron chi connectivity index (χ2n) is 6.20. The quantitative estimate of drug-likeness (QED) is 0.766. The first-order valence-electron chi connectivity index (χ1n) is 7.23. The first-order chi connectivity index (χ1) is 8.96. The molecule has 2 rings (SSSR count). The lowest BCUT2D eigenvalue weighted by atomic mass is 9.89. The van der Waals surface area contributed by atoms with Gasteiger partial charge >= 0.3 is 0 Å². The van der Waals surface area contributed by atoms with Crippen LogP contribution >= 0.6 is 0 Å². The van der Waals surface area contributed by atoms with Crippen LogP contribution in [0.2, 0.25) is 0 Å². The molecular formula is C14H25N3O2. The molecule has 5 nitrogen and oxygen atoms in total. The summed E-state index contributed by atoms with van der Waals surface area (Å²) in [4.78, 5) is 26.2. The van der Waals surface area contributed by atoms with Crippen molar-refractivity contribution < 1.29 is 9.59 Å². The van der Waals surface area contributed by atoms with Crippen molar-refractivity contribution in [2.45, 2.75) is 51.6 Å². The van der Waals surface area contributed by atoms with Crippen LogP contribution in [0, 0.1) is 5.41 Å². The molecule has 0 bridgehead atoms. The van der Waals surface area contributed by atoms with Crippen molar-refractivity contribution in [1.29, 1.82) is 0 Å². The van der Waals surface area contributed by atoms with Crippen molar-refractivity contribution in [2.75, 3.05) is 20.1 Å². The topological polar surface area (TPSA) is 61.4 Å². The summed E-state index contributed by atoms with van der Waals surface area (Å²) < 4.78 is 0. The van der Waals surface area contributed by atoms with E-state index in [1.54, 1.807) is 7.05 Å². The number of hydrogen-bond acceptors (Lipinski definition) is 3. The molecule has 2 N–H and O–H groups in total. The third-order valence-electron chi connectivity index (χ3n) is 4.47. The molecule has 3 atom stereocenters. The molecule has 0 aromatic carbocycles. The number of carbonyl (C=O) groups excluding carboxylic acids is 2. The Kier molecular flexibility index (Phi) is 4.13. The molecule has 2 aliphatic rings. The average molecular weight is 267 g/mol. The molecule has 0 aliphatic carbocycles. The number of amides is 2. The predicted octanol–water partition coefficient (Wildman–Crippen LogP) is 0.502. The van der Waals surface area contributed by atoms with Crippen LogP contribution in [-0.4, -0.2) is 48.9 Å². The fraction of sp³-hybridized carbons (Fsp3) is 0.857. The van der Waals surface area contributed by atoms with Crippen molar-refractivity contribution >= 4 is 11.8 Å². The van der Waals surface area contributed by atoms with Crippen molar-refractivity contribution in [3.63, 3.8) is 0 Å². The monoisotopic (exact) mass is 267 g/mol. The number of hydrogen-bond donors (Lipinski definition) is 2. The van der Waals surface area contributed by atoms with Gasteiger partial charge in [-0.15, -0.1) is 0 Å². The number of rotatable bonds is 2. The number of piperidine rings is 1. The molecule has 0 spiro atoms. The summed E-state index contributed by atoms with van der Waals surface area (Å²) in [6, 6.07) is 0.353. The van der Waals surface area contributed by atoms with Gasteiger partial charge in [0.05, 0.1) is 11.5 Å². The minimum atomic E-state index is -0.426. The molecular weight excluding hydrogens is 242 g/mol. The van der Waals surface area contributed by atoms with Gasteiger partial charge in [0.25, 0.3) is 0 Å². The highest BCUT2D eigenvalue weighted by atomic mass is 16.2. The van der Waals surface area contributed by atoms with Crippen LogP contribution in [0.15, 0.2) is 0 Å². The summed E-state index contributed by atoms with van der Waals surface area (Å²) >= 11 is 0. The lowest BCUT2D eigenvalue weighted by Crippen LogP contribution is -2.51. The van der Waals surface area contributed by atoms with E-state index in [2.05, 4.69) is 17.6 Å². The minimum Gasteiger partial charge on any atom is -0.359 e. The van der Waals surface area contributed by atoms with Gasteiger partial charge in [0.1, 0.15) is 0 Å². The highest BCUT2D eigenvalue weighted by Crippen LogP contribution is 2.31. The van der Waals surface area contributed by atoms with Gasteiger partial charge in [0, 0.05) is 26.2 Å². The summed E-state index contributed by atoms with van der Waals surface area (Å²) in [5, 5.41) is 6.07. The summed E-state index contributed by atoms with van der Waals surface area (Å²) in [7, 11) is 1.66. The molecule has 0 radical (unpaired) electrons. The van der Waals surface area contributed by atoms with Crippen LogP contribution < -0.4 is 10.6 Å². The third-order valence-corrected chi connectivity index (χ3v) is 4.47. The molecule has 19 heavy (non-hydrogen) atoms. The molecule has 0 aromatic heterocycles. The molecule has 0 aromatic rings. The maximum atomic E-state index is 12.5. The summed E-state index contributed by atoms with van der Waals surface area (Å²) in [5.74, 6) is 0.201. The fourth-order valence-electron chi connectivity index (χ4n) is 3.19. The summed E-state index contributed by atoms with van der Waals surface area (Å²) in [6.45, 7) is 5.29. The maximum Gasteiger partial charge on any atom is 0.239 e. The van der Waals surface area contributed by atoms with Crippen LogP contribution in [0.25, 0.3) is 0 Å². The van der Waals surface area contributed by atoms with Gasteiger partial charge in [-0.05, 0) is 39.5 Å². The van der Waals surface area contributed by atoms with E-state index >= 15 is 0 Å². The second kappa shape index (κ2) is 5.49. The molecule has 0 saturated carbocycles. The van der Waals surface area contributed by atoms with E-state index in [9.17, 15) is 9.59 Å². The Morgan fingerprint density at radius 3 is 2.74 bits per heavy atom. The van der Waals surface area contributed by atoms with E-state index < -0.39 is 5.41 Å². The Morgan fingerprint density at radius 2 is 2.11 bits per heavy atom. The van der Waals surface area contributed by atoms with Crippen molar-refractivity contribution in [1.82, 2.24) is 15.5 Å². The molecule has 108 valence electrons. The third kappa shape index (κ3) is 2.91. The van der Waals surface area contributed by atoms with E-state index in [-0.39, 0.29) is 17.9 Å². The van der Waals surface area contributed by atoms with E-state index in [0.29, 0.717) is 19.1 Å². The molecule has 3 unspecified atom stereocenters. The maximum absolute atomic E-state index is 12.5. The van der Waals surface area contributed by atoms with Gasteiger partial charge in [-0.1, -0.05) is 0 Å².